The van der Waals surface area contributed by atoms with Gasteiger partial charge in [-0.2, -0.15) is 5.10 Å². The van der Waals surface area contributed by atoms with E-state index < -0.39 is 0 Å². The van der Waals surface area contributed by atoms with E-state index in [1.807, 2.05) is 55.2 Å². The van der Waals surface area contributed by atoms with E-state index in [0.717, 1.165) is 36.6 Å². The predicted molar refractivity (Wildman–Crippen MR) is 134 cm³/mol. The van der Waals surface area contributed by atoms with Crippen LogP contribution >= 0.6 is 35.6 Å². The van der Waals surface area contributed by atoms with Gasteiger partial charge in [0.2, 0.25) is 0 Å². The van der Waals surface area contributed by atoms with Gasteiger partial charge in [-0.3, -0.25) is 0 Å². The average Bonchev–Trinajstić information content (AvgIpc) is 3.22. The van der Waals surface area contributed by atoms with Gasteiger partial charge in [0.15, 0.2) is 5.96 Å². The second kappa shape index (κ2) is 12.7. The van der Waals surface area contributed by atoms with E-state index in [0.29, 0.717) is 31.3 Å². The molecule has 0 aliphatic carbocycles. The van der Waals surface area contributed by atoms with E-state index in [4.69, 9.17) is 21.3 Å². The summed E-state index contributed by atoms with van der Waals surface area (Å²) in [6, 6.07) is 7.81. The van der Waals surface area contributed by atoms with Crippen molar-refractivity contribution in [1.82, 2.24) is 25.3 Å². The maximum Gasteiger partial charge on any atom is 0.409 e. The van der Waals surface area contributed by atoms with Crippen LogP contribution < -0.4 is 10.6 Å². The molecule has 0 saturated carbocycles. The van der Waals surface area contributed by atoms with E-state index in [1.54, 1.807) is 4.90 Å². The average molecular weight is 561 g/mol. The summed E-state index contributed by atoms with van der Waals surface area (Å²) in [6.45, 7) is 6.93. The molecule has 8 nitrogen and oxygen atoms in total. The molecule has 1 saturated heterocycles. The fraction of sp³-hybridized carbons (Fsp3) is 0.476. The maximum absolute atomic E-state index is 11.8. The molecule has 170 valence electrons. The molecule has 10 heteroatoms. The molecule has 2 N–H and O–H groups in total. The van der Waals surface area contributed by atoms with E-state index in [2.05, 4.69) is 15.7 Å². The second-order valence-electron chi connectivity index (χ2n) is 7.07. The molecule has 1 aromatic heterocycles. The van der Waals surface area contributed by atoms with Crippen molar-refractivity contribution in [2.75, 3.05) is 26.2 Å². The number of aliphatic imine (C=N–C) groups is 1. The molecule has 1 amide bonds. The lowest BCUT2D eigenvalue weighted by molar-refractivity contribution is 0.0963. The number of ether oxygens (including phenoxy) is 1. The number of rotatable bonds is 6. The van der Waals surface area contributed by atoms with Crippen molar-refractivity contribution in [2.24, 2.45) is 4.99 Å². The van der Waals surface area contributed by atoms with Crippen molar-refractivity contribution >= 4 is 47.6 Å². The van der Waals surface area contributed by atoms with Gasteiger partial charge in [-0.25, -0.2) is 14.5 Å². The van der Waals surface area contributed by atoms with Crippen LogP contribution in [0.25, 0.3) is 5.69 Å². The maximum atomic E-state index is 11.8. The Labute approximate surface area is 205 Å². The largest absolute Gasteiger partial charge is 0.450 e. The highest BCUT2D eigenvalue weighted by atomic mass is 127. The number of nitrogens with zero attached hydrogens (tertiary/aromatic N) is 4. The lowest BCUT2D eigenvalue weighted by Gasteiger charge is -2.32. The Bertz CT molecular complexity index is 850. The number of hydrogen-bond acceptors (Lipinski definition) is 4. The Balaban J connectivity index is 0.00000341. The first-order valence-corrected chi connectivity index (χ1v) is 10.7. The third-order valence-electron chi connectivity index (χ3n) is 4.85. The second-order valence-corrected chi connectivity index (χ2v) is 7.51. The zero-order chi connectivity index (χ0) is 21.3. The van der Waals surface area contributed by atoms with Gasteiger partial charge in [-0.1, -0.05) is 11.6 Å². The molecule has 0 unspecified atom stereocenters. The molecule has 1 aliphatic rings. The van der Waals surface area contributed by atoms with E-state index in [-0.39, 0.29) is 36.1 Å². The highest BCUT2D eigenvalue weighted by Crippen LogP contribution is 2.14. The van der Waals surface area contributed by atoms with Crippen LogP contribution in [-0.2, 0) is 11.3 Å². The monoisotopic (exact) mass is 560 g/mol. The van der Waals surface area contributed by atoms with Crippen LogP contribution in [-0.4, -0.2) is 59.0 Å². The molecule has 0 bridgehead atoms. The smallest absolute Gasteiger partial charge is 0.409 e. The van der Waals surface area contributed by atoms with Gasteiger partial charge >= 0.3 is 6.09 Å². The summed E-state index contributed by atoms with van der Waals surface area (Å²) >= 11 is 5.95. The minimum atomic E-state index is -0.228. The van der Waals surface area contributed by atoms with Crippen molar-refractivity contribution in [3.8, 4) is 5.69 Å². The SMILES string of the molecule is CCNC(=NCc1cnn(-c2ccc(Cl)cc2)c1)NC1CCN(C(=O)OCC)CC1.I. The third-order valence-corrected chi connectivity index (χ3v) is 5.10. The zero-order valence-electron chi connectivity index (χ0n) is 17.9. The number of carbonyl (C=O) groups excluding carboxylic acids is 1. The Morgan fingerprint density at radius 3 is 2.61 bits per heavy atom. The molecule has 0 spiro atoms. The number of halogens is 2. The standard InChI is InChI=1S/C21H29ClN6O2.HI/c1-3-23-20(26-18-9-11-27(12-10-18)21(29)30-4-2)24-13-16-14-25-28(15-16)19-7-5-17(22)6-8-19;/h5-8,14-15,18H,3-4,9-13H2,1-2H3,(H2,23,24,26);1H. The number of piperidine rings is 1. The summed E-state index contributed by atoms with van der Waals surface area (Å²) in [5.41, 5.74) is 1.97. The molecule has 0 atom stereocenters. The number of hydrogen-bond donors (Lipinski definition) is 2. The Kier molecular flexibility index (Phi) is 10.4. The lowest BCUT2D eigenvalue weighted by Crippen LogP contribution is -2.49. The highest BCUT2D eigenvalue weighted by molar-refractivity contribution is 14.0. The van der Waals surface area contributed by atoms with Gasteiger partial charge in [-0.05, 0) is 51.0 Å². The Hall–Kier alpha value is -2.01. The Morgan fingerprint density at radius 2 is 1.97 bits per heavy atom. The third kappa shape index (κ3) is 7.57. The van der Waals surface area contributed by atoms with Crippen LogP contribution in [0.3, 0.4) is 0 Å². The minimum Gasteiger partial charge on any atom is -0.450 e. The quantitative estimate of drug-likeness (QED) is 0.319. The molecule has 1 aliphatic heterocycles. The van der Waals surface area contributed by atoms with Crippen molar-refractivity contribution in [1.29, 1.82) is 0 Å². The van der Waals surface area contributed by atoms with Gasteiger partial charge < -0.3 is 20.3 Å². The molecule has 31 heavy (non-hydrogen) atoms. The normalized spacial score (nSPS) is 14.7. The zero-order valence-corrected chi connectivity index (χ0v) is 21.0. The lowest BCUT2D eigenvalue weighted by atomic mass is 10.1. The fourth-order valence-corrected chi connectivity index (χ4v) is 3.41. The van der Waals surface area contributed by atoms with Crippen LogP contribution in [0.4, 0.5) is 4.79 Å². The summed E-state index contributed by atoms with van der Waals surface area (Å²) in [4.78, 5) is 18.3. The topological polar surface area (TPSA) is 83.8 Å². The van der Waals surface area contributed by atoms with Gasteiger partial charge in [0, 0.05) is 42.5 Å². The number of amides is 1. The van der Waals surface area contributed by atoms with Crippen LogP contribution in [0.15, 0.2) is 41.7 Å². The number of carbonyl (C=O) groups is 1. The molecule has 1 fully saturated rings. The van der Waals surface area contributed by atoms with Crippen LogP contribution in [0.1, 0.15) is 32.3 Å². The van der Waals surface area contributed by atoms with Crippen LogP contribution in [0.5, 0.6) is 0 Å². The number of nitrogens with one attached hydrogen (secondary N) is 2. The van der Waals surface area contributed by atoms with E-state index in [9.17, 15) is 4.79 Å². The Morgan fingerprint density at radius 1 is 1.26 bits per heavy atom. The van der Waals surface area contributed by atoms with Gasteiger partial charge in [0.05, 0.1) is 25.0 Å². The first-order valence-electron chi connectivity index (χ1n) is 10.3. The number of guanidine groups is 1. The molecule has 2 aromatic rings. The van der Waals surface area contributed by atoms with E-state index in [1.165, 1.54) is 0 Å². The molecule has 1 aromatic carbocycles. The number of benzene rings is 1. The van der Waals surface area contributed by atoms with Crippen molar-refractivity contribution in [3.05, 3.63) is 47.2 Å². The van der Waals surface area contributed by atoms with Crippen molar-refractivity contribution < 1.29 is 9.53 Å². The van der Waals surface area contributed by atoms with Crippen LogP contribution in [0, 0.1) is 0 Å². The predicted octanol–water partition coefficient (Wildman–Crippen LogP) is 3.82. The highest BCUT2D eigenvalue weighted by Gasteiger charge is 2.24. The van der Waals surface area contributed by atoms with E-state index >= 15 is 0 Å². The molecule has 0 radical (unpaired) electrons. The minimum absolute atomic E-state index is 0. The van der Waals surface area contributed by atoms with Gasteiger partial charge in [-0.15, -0.1) is 24.0 Å². The van der Waals surface area contributed by atoms with Crippen molar-refractivity contribution in [3.63, 3.8) is 0 Å². The number of aromatic nitrogens is 2. The molecule has 3 rings (SSSR count). The first-order chi connectivity index (χ1) is 14.6. The molecular weight excluding hydrogens is 531 g/mol. The first kappa shape index (κ1) is 25.3. The summed E-state index contributed by atoms with van der Waals surface area (Å²) in [5.74, 6) is 0.770. The summed E-state index contributed by atoms with van der Waals surface area (Å²) in [6.07, 6.45) is 5.28. The molecular formula is C21H30ClIN6O2. The molecule has 2 heterocycles. The van der Waals surface area contributed by atoms with Crippen LogP contribution in [0.2, 0.25) is 5.02 Å². The summed E-state index contributed by atoms with van der Waals surface area (Å²) in [5, 5.41) is 11.9. The van der Waals surface area contributed by atoms with Crippen molar-refractivity contribution in [2.45, 2.75) is 39.3 Å². The summed E-state index contributed by atoms with van der Waals surface area (Å²) in [7, 11) is 0. The number of likely N-dealkylation sites (tertiary alicyclic amines) is 1. The fourth-order valence-electron chi connectivity index (χ4n) is 3.28. The summed E-state index contributed by atoms with van der Waals surface area (Å²) < 4.78 is 6.89. The van der Waals surface area contributed by atoms with Gasteiger partial charge in [0.25, 0.3) is 0 Å². The van der Waals surface area contributed by atoms with Gasteiger partial charge in [0.1, 0.15) is 0 Å².